The second-order valence-corrected chi connectivity index (χ2v) is 9.57. The molecule has 1 aliphatic heterocycles. The number of nitrogens with one attached hydrogen (secondary N) is 1. The third-order valence-corrected chi connectivity index (χ3v) is 7.25. The summed E-state index contributed by atoms with van der Waals surface area (Å²) < 4.78 is 43.5. The number of hydrogen-bond acceptors (Lipinski definition) is 4. The minimum atomic E-state index is -3.75. The van der Waals surface area contributed by atoms with Gasteiger partial charge in [0.15, 0.2) is 0 Å². The molecular formula is C18H22BrFN4O3S. The van der Waals surface area contributed by atoms with Crippen LogP contribution >= 0.6 is 15.9 Å². The van der Waals surface area contributed by atoms with Gasteiger partial charge < -0.3 is 5.32 Å². The molecule has 7 nitrogen and oxygen atoms in total. The molecule has 3 rings (SSSR count). The van der Waals surface area contributed by atoms with Crippen LogP contribution in [-0.4, -0.2) is 41.5 Å². The van der Waals surface area contributed by atoms with Crippen LogP contribution in [0.4, 0.5) is 10.1 Å². The number of amides is 1. The van der Waals surface area contributed by atoms with Crippen molar-refractivity contribution in [2.75, 3.05) is 18.4 Å². The molecule has 1 atom stereocenters. The summed E-state index contributed by atoms with van der Waals surface area (Å²) in [6.45, 7) is 4.51. The number of rotatable bonds is 5. The van der Waals surface area contributed by atoms with E-state index in [2.05, 4.69) is 26.3 Å². The molecule has 0 bridgehead atoms. The van der Waals surface area contributed by atoms with Gasteiger partial charge in [0.25, 0.3) is 0 Å². The number of aromatic nitrogens is 2. The Bertz CT molecular complexity index is 993. The summed E-state index contributed by atoms with van der Waals surface area (Å²) in [5, 5.41) is 6.77. The van der Waals surface area contributed by atoms with Crippen molar-refractivity contribution >= 4 is 37.5 Å². The van der Waals surface area contributed by atoms with Crippen LogP contribution in [0.25, 0.3) is 0 Å². The maximum Gasteiger partial charge on any atom is 0.246 e. The van der Waals surface area contributed by atoms with Crippen LogP contribution in [-0.2, 0) is 21.4 Å². The second-order valence-electron chi connectivity index (χ2n) is 6.75. The Balaban J connectivity index is 1.75. The Morgan fingerprint density at radius 1 is 1.43 bits per heavy atom. The minimum absolute atomic E-state index is 0.0586. The molecule has 1 N–H and O–H groups in total. The van der Waals surface area contributed by atoms with Crippen molar-refractivity contribution in [2.45, 2.75) is 38.1 Å². The van der Waals surface area contributed by atoms with Crippen LogP contribution in [0, 0.1) is 18.7 Å². The average molecular weight is 473 g/mol. The number of nitrogens with zero attached hydrogens (tertiary/aromatic N) is 3. The zero-order valence-corrected chi connectivity index (χ0v) is 18.1. The van der Waals surface area contributed by atoms with Crippen molar-refractivity contribution in [3.8, 4) is 0 Å². The monoisotopic (exact) mass is 472 g/mol. The molecule has 0 radical (unpaired) electrons. The van der Waals surface area contributed by atoms with Gasteiger partial charge in [-0.05, 0) is 44.9 Å². The van der Waals surface area contributed by atoms with E-state index < -0.39 is 21.8 Å². The van der Waals surface area contributed by atoms with Gasteiger partial charge in [0.2, 0.25) is 15.9 Å². The smallest absolute Gasteiger partial charge is 0.246 e. The first kappa shape index (κ1) is 20.9. The normalized spacial score (nSPS) is 18.2. The molecule has 1 aliphatic rings. The Labute approximate surface area is 172 Å². The summed E-state index contributed by atoms with van der Waals surface area (Å²) in [6, 6.07) is 4.36. The molecule has 1 aromatic heterocycles. The van der Waals surface area contributed by atoms with E-state index in [0.29, 0.717) is 36.1 Å². The van der Waals surface area contributed by atoms with Gasteiger partial charge in [0.05, 0.1) is 17.3 Å². The zero-order valence-electron chi connectivity index (χ0n) is 15.7. The van der Waals surface area contributed by atoms with Gasteiger partial charge in [0.1, 0.15) is 10.7 Å². The molecule has 0 aliphatic carbocycles. The molecule has 0 saturated carbocycles. The predicted octanol–water partition coefficient (Wildman–Crippen LogP) is 3.15. The first-order valence-electron chi connectivity index (χ1n) is 9.02. The molecule has 0 spiro atoms. The van der Waals surface area contributed by atoms with Crippen molar-refractivity contribution in [3.05, 3.63) is 40.4 Å². The van der Waals surface area contributed by atoms with E-state index in [1.807, 2.05) is 6.92 Å². The summed E-state index contributed by atoms with van der Waals surface area (Å²) in [5.41, 5.74) is 0.513. The third-order valence-electron chi connectivity index (χ3n) is 4.79. The number of benzene rings is 1. The van der Waals surface area contributed by atoms with E-state index in [0.717, 1.165) is 0 Å². The molecule has 1 amide bonds. The van der Waals surface area contributed by atoms with Crippen molar-refractivity contribution in [2.24, 2.45) is 5.92 Å². The van der Waals surface area contributed by atoms with Crippen LogP contribution in [0.3, 0.4) is 0 Å². The summed E-state index contributed by atoms with van der Waals surface area (Å²) in [4.78, 5) is 12.8. The second kappa shape index (κ2) is 8.30. The van der Waals surface area contributed by atoms with Crippen LogP contribution in [0.15, 0.2) is 33.8 Å². The predicted molar refractivity (Wildman–Crippen MR) is 107 cm³/mol. The number of anilines is 1. The number of sulfonamides is 1. The highest BCUT2D eigenvalue weighted by atomic mass is 79.9. The van der Waals surface area contributed by atoms with E-state index in [9.17, 15) is 17.6 Å². The van der Waals surface area contributed by atoms with Crippen LogP contribution < -0.4 is 5.32 Å². The highest BCUT2D eigenvalue weighted by molar-refractivity contribution is 9.10. The number of piperidine rings is 1. The molecule has 10 heteroatoms. The maximum absolute atomic E-state index is 14.0. The molecule has 2 heterocycles. The summed E-state index contributed by atoms with van der Waals surface area (Å²) in [5.74, 6) is -1.49. The average Bonchev–Trinajstić information content (AvgIpc) is 3.06. The van der Waals surface area contributed by atoms with E-state index in [-0.39, 0.29) is 23.0 Å². The highest BCUT2D eigenvalue weighted by Crippen LogP contribution is 2.27. The molecule has 1 fully saturated rings. The number of carbonyl (C=O) groups excluding carboxylic acids is 1. The van der Waals surface area contributed by atoms with Gasteiger partial charge in [-0.1, -0.05) is 15.9 Å². The van der Waals surface area contributed by atoms with Crippen molar-refractivity contribution in [1.82, 2.24) is 14.1 Å². The fourth-order valence-corrected chi connectivity index (χ4v) is 5.28. The third kappa shape index (κ3) is 4.28. The quantitative estimate of drug-likeness (QED) is 0.723. The number of halogens is 2. The summed E-state index contributed by atoms with van der Waals surface area (Å²) in [6.07, 6.45) is 2.62. The van der Waals surface area contributed by atoms with Gasteiger partial charge in [-0.25, -0.2) is 12.8 Å². The fourth-order valence-electron chi connectivity index (χ4n) is 3.25. The van der Waals surface area contributed by atoms with Gasteiger partial charge in [0, 0.05) is 30.3 Å². The number of carbonyl (C=O) groups is 1. The van der Waals surface area contributed by atoms with Gasteiger partial charge in [-0.3, -0.25) is 9.48 Å². The summed E-state index contributed by atoms with van der Waals surface area (Å²) >= 11 is 3.17. The maximum atomic E-state index is 14.0. The topological polar surface area (TPSA) is 84.3 Å². The molecule has 2 aromatic rings. The van der Waals surface area contributed by atoms with Crippen molar-refractivity contribution < 1.29 is 17.6 Å². The van der Waals surface area contributed by atoms with Crippen LogP contribution in [0.5, 0.6) is 0 Å². The van der Waals surface area contributed by atoms with Gasteiger partial charge >= 0.3 is 0 Å². The lowest BCUT2D eigenvalue weighted by Gasteiger charge is -2.31. The van der Waals surface area contributed by atoms with Crippen molar-refractivity contribution in [1.29, 1.82) is 0 Å². The largest absolute Gasteiger partial charge is 0.323 e. The Morgan fingerprint density at radius 2 is 2.18 bits per heavy atom. The molecule has 0 unspecified atom stereocenters. The lowest BCUT2D eigenvalue weighted by atomic mass is 9.98. The van der Waals surface area contributed by atoms with E-state index >= 15 is 0 Å². The van der Waals surface area contributed by atoms with Crippen molar-refractivity contribution in [3.63, 3.8) is 0 Å². The Morgan fingerprint density at radius 3 is 2.82 bits per heavy atom. The fraction of sp³-hybridized carbons (Fsp3) is 0.444. The highest BCUT2D eigenvalue weighted by Gasteiger charge is 2.35. The first-order chi connectivity index (χ1) is 13.2. The van der Waals surface area contributed by atoms with E-state index in [4.69, 9.17) is 0 Å². The molecule has 152 valence electrons. The number of hydrogen-bond donors (Lipinski definition) is 1. The van der Waals surface area contributed by atoms with Gasteiger partial charge in [-0.15, -0.1) is 0 Å². The Kier molecular flexibility index (Phi) is 6.21. The van der Waals surface area contributed by atoms with Crippen LogP contribution in [0.2, 0.25) is 0 Å². The SMILES string of the molecule is CCn1cc(S(=O)(=O)N2CCC[C@@H](C(=O)Nc3ccc(Br)cc3F)C2)c(C)n1. The standard InChI is InChI=1S/C18H22BrFN4O3S/c1-3-23-11-17(12(2)22-23)28(26,27)24-8-4-5-13(10-24)18(25)21-16-7-6-14(19)9-15(16)20/h6-7,9,11,13H,3-5,8,10H2,1-2H3,(H,21,25)/t13-/m1/s1. The number of aryl methyl sites for hydroxylation is 2. The Hall–Kier alpha value is -1.78. The zero-order chi connectivity index (χ0) is 20.5. The molecule has 1 saturated heterocycles. The van der Waals surface area contributed by atoms with Gasteiger partial charge in [-0.2, -0.15) is 9.40 Å². The minimum Gasteiger partial charge on any atom is -0.323 e. The van der Waals surface area contributed by atoms with Crippen LogP contribution in [0.1, 0.15) is 25.5 Å². The molecular weight excluding hydrogens is 451 g/mol. The molecule has 1 aromatic carbocycles. The lowest BCUT2D eigenvalue weighted by Crippen LogP contribution is -2.43. The lowest BCUT2D eigenvalue weighted by molar-refractivity contribution is -0.120. The molecule has 28 heavy (non-hydrogen) atoms. The summed E-state index contributed by atoms with van der Waals surface area (Å²) in [7, 11) is -3.75. The first-order valence-corrected chi connectivity index (χ1v) is 11.3. The van der Waals surface area contributed by atoms with E-state index in [1.54, 1.807) is 17.7 Å². The van der Waals surface area contributed by atoms with E-state index in [1.165, 1.54) is 22.6 Å².